The lowest BCUT2D eigenvalue weighted by molar-refractivity contribution is 0.600. The molecule has 0 spiro atoms. The van der Waals surface area contributed by atoms with Crippen molar-refractivity contribution in [1.29, 1.82) is 5.26 Å². The third kappa shape index (κ3) is 4.52. The van der Waals surface area contributed by atoms with Gasteiger partial charge in [-0.25, -0.2) is 8.42 Å². The molecule has 0 fully saturated rings. The molecule has 0 amide bonds. The molecule has 0 saturated carbocycles. The van der Waals surface area contributed by atoms with E-state index in [1.165, 1.54) is 0 Å². The number of nitrogens with zero attached hydrogens (tertiary/aromatic N) is 1. The van der Waals surface area contributed by atoms with Crippen LogP contribution in [0.25, 0.3) is 0 Å². The molecular formula is C15H14N2O2S2. The molecule has 0 heterocycles. The van der Waals surface area contributed by atoms with E-state index in [1.807, 2.05) is 30.5 Å². The molecule has 6 heteroatoms. The molecule has 0 aliphatic rings. The van der Waals surface area contributed by atoms with E-state index in [2.05, 4.69) is 4.72 Å². The molecule has 0 saturated heterocycles. The maximum Gasteiger partial charge on any atom is 0.236 e. The molecule has 1 N–H and O–H groups in total. The lowest BCUT2D eigenvalue weighted by Gasteiger charge is -2.11. The van der Waals surface area contributed by atoms with Crippen LogP contribution in [-0.2, 0) is 15.8 Å². The van der Waals surface area contributed by atoms with Crippen LogP contribution in [0, 0.1) is 17.6 Å². The Labute approximate surface area is 128 Å². The van der Waals surface area contributed by atoms with Gasteiger partial charge in [-0.1, -0.05) is 30.3 Å². The molecule has 2 aromatic rings. The van der Waals surface area contributed by atoms with Crippen molar-refractivity contribution in [3.63, 3.8) is 0 Å². The Morgan fingerprint density at radius 1 is 1.19 bits per heavy atom. The summed E-state index contributed by atoms with van der Waals surface area (Å²) >= 11 is 1.05. The molecule has 4 nitrogen and oxygen atoms in total. The molecule has 2 aromatic carbocycles. The van der Waals surface area contributed by atoms with Crippen LogP contribution in [0.1, 0.15) is 11.1 Å². The molecule has 0 radical (unpaired) electrons. The van der Waals surface area contributed by atoms with E-state index in [0.29, 0.717) is 5.69 Å². The highest BCUT2D eigenvalue weighted by Crippen LogP contribution is 2.24. The largest absolute Gasteiger partial charge is 0.283 e. The van der Waals surface area contributed by atoms with Gasteiger partial charge in [-0.2, -0.15) is 5.26 Å². The Morgan fingerprint density at radius 3 is 2.52 bits per heavy atom. The summed E-state index contributed by atoms with van der Waals surface area (Å²) < 4.78 is 26.9. The highest BCUT2D eigenvalue weighted by molar-refractivity contribution is 8.03. The Morgan fingerprint density at radius 2 is 1.90 bits per heavy atom. The standard InChI is InChI=1S/C15H14N2O2S2/c1-12-9-14(20-11-16)7-8-15(12)17-21(18,19)10-13-5-3-2-4-6-13/h2-9,17H,10H2,1H3. The fourth-order valence-corrected chi connectivity index (χ4v) is 3.61. The second kappa shape index (κ2) is 6.66. The summed E-state index contributed by atoms with van der Waals surface area (Å²) in [5.41, 5.74) is 2.06. The number of hydrogen-bond acceptors (Lipinski definition) is 4. The van der Waals surface area contributed by atoms with Crippen LogP contribution < -0.4 is 4.72 Å². The second-order valence-electron chi connectivity index (χ2n) is 4.52. The first kappa shape index (κ1) is 15.4. The number of thiocyanates is 1. The van der Waals surface area contributed by atoms with E-state index in [9.17, 15) is 8.42 Å². The number of benzene rings is 2. The first-order valence-corrected chi connectivity index (χ1v) is 8.68. The molecule has 2 rings (SSSR count). The molecule has 0 unspecified atom stereocenters. The second-order valence-corrected chi connectivity index (χ2v) is 7.10. The van der Waals surface area contributed by atoms with Crippen molar-refractivity contribution >= 4 is 27.5 Å². The van der Waals surface area contributed by atoms with Gasteiger partial charge >= 0.3 is 0 Å². The van der Waals surface area contributed by atoms with Crippen LogP contribution in [0.5, 0.6) is 0 Å². The molecule has 0 aromatic heterocycles. The van der Waals surface area contributed by atoms with Crippen molar-refractivity contribution in [2.45, 2.75) is 17.6 Å². The average molecular weight is 318 g/mol. The van der Waals surface area contributed by atoms with Crippen LogP contribution in [0.2, 0.25) is 0 Å². The number of sulfonamides is 1. The van der Waals surface area contributed by atoms with Gasteiger partial charge in [0, 0.05) is 4.90 Å². The molecule has 0 aliphatic heterocycles. The maximum atomic E-state index is 12.2. The number of nitrogens with one attached hydrogen (secondary N) is 1. The third-order valence-electron chi connectivity index (χ3n) is 2.83. The first-order chi connectivity index (χ1) is 10.00. The maximum absolute atomic E-state index is 12.2. The van der Waals surface area contributed by atoms with Crippen molar-refractivity contribution in [3.05, 3.63) is 59.7 Å². The summed E-state index contributed by atoms with van der Waals surface area (Å²) in [7, 11) is -3.46. The number of nitriles is 1. The van der Waals surface area contributed by atoms with Gasteiger partial charge in [0.25, 0.3) is 0 Å². The van der Waals surface area contributed by atoms with Gasteiger partial charge < -0.3 is 0 Å². The predicted octanol–water partition coefficient (Wildman–Crippen LogP) is 3.51. The van der Waals surface area contributed by atoms with Crippen LogP contribution in [0.3, 0.4) is 0 Å². The van der Waals surface area contributed by atoms with Crippen molar-refractivity contribution in [3.8, 4) is 5.40 Å². The van der Waals surface area contributed by atoms with E-state index in [1.54, 1.807) is 30.3 Å². The van der Waals surface area contributed by atoms with Gasteiger partial charge in [0.1, 0.15) is 5.40 Å². The number of rotatable bonds is 5. The summed E-state index contributed by atoms with van der Waals surface area (Å²) in [5.74, 6) is -0.0675. The Kier molecular flexibility index (Phi) is 4.89. The quantitative estimate of drug-likeness (QED) is 0.676. The van der Waals surface area contributed by atoms with E-state index < -0.39 is 10.0 Å². The summed E-state index contributed by atoms with van der Waals surface area (Å²) in [6.07, 6.45) is 0. The monoisotopic (exact) mass is 318 g/mol. The highest BCUT2D eigenvalue weighted by Gasteiger charge is 2.13. The van der Waals surface area contributed by atoms with Crippen molar-refractivity contribution in [2.24, 2.45) is 0 Å². The van der Waals surface area contributed by atoms with Crippen molar-refractivity contribution < 1.29 is 8.42 Å². The minimum atomic E-state index is -3.46. The van der Waals surface area contributed by atoms with Gasteiger partial charge in [-0.15, -0.1) is 0 Å². The van der Waals surface area contributed by atoms with Crippen molar-refractivity contribution in [1.82, 2.24) is 0 Å². The van der Waals surface area contributed by atoms with Gasteiger partial charge in [0.15, 0.2) is 0 Å². The van der Waals surface area contributed by atoms with Crippen LogP contribution in [0.4, 0.5) is 5.69 Å². The number of hydrogen-bond donors (Lipinski definition) is 1. The molecule has 108 valence electrons. The molecule has 21 heavy (non-hydrogen) atoms. The summed E-state index contributed by atoms with van der Waals surface area (Å²) in [5, 5.41) is 10.6. The lowest BCUT2D eigenvalue weighted by Crippen LogP contribution is -2.15. The van der Waals surface area contributed by atoms with Gasteiger partial charge in [-0.05, 0) is 48.0 Å². The molecule has 0 bridgehead atoms. The zero-order chi connectivity index (χ0) is 15.3. The lowest BCUT2D eigenvalue weighted by atomic mass is 10.2. The Balaban J connectivity index is 2.15. The smallest absolute Gasteiger partial charge is 0.236 e. The van der Waals surface area contributed by atoms with Gasteiger partial charge in [-0.3, -0.25) is 4.72 Å². The van der Waals surface area contributed by atoms with Gasteiger partial charge in [0.2, 0.25) is 10.0 Å². The zero-order valence-electron chi connectivity index (χ0n) is 11.4. The highest BCUT2D eigenvalue weighted by atomic mass is 32.2. The fourth-order valence-electron chi connectivity index (χ4n) is 1.86. The predicted molar refractivity (Wildman–Crippen MR) is 85.3 cm³/mol. The van der Waals surface area contributed by atoms with E-state index in [0.717, 1.165) is 27.8 Å². The number of aryl methyl sites for hydroxylation is 1. The van der Waals surface area contributed by atoms with Crippen LogP contribution in [0.15, 0.2) is 53.4 Å². The number of anilines is 1. The number of thioether (sulfide) groups is 1. The Bertz CT molecular complexity index is 766. The van der Waals surface area contributed by atoms with E-state index >= 15 is 0 Å². The van der Waals surface area contributed by atoms with Gasteiger partial charge in [0.05, 0.1) is 11.4 Å². The minimum Gasteiger partial charge on any atom is -0.283 e. The first-order valence-electron chi connectivity index (χ1n) is 6.21. The fraction of sp³-hybridized carbons (Fsp3) is 0.133. The molecular weight excluding hydrogens is 304 g/mol. The third-order valence-corrected chi connectivity index (χ3v) is 4.65. The minimum absolute atomic E-state index is 0.0675. The summed E-state index contributed by atoms with van der Waals surface area (Å²) in [6, 6.07) is 14.2. The van der Waals surface area contributed by atoms with Crippen LogP contribution >= 0.6 is 11.8 Å². The molecule has 0 atom stereocenters. The zero-order valence-corrected chi connectivity index (χ0v) is 13.0. The van der Waals surface area contributed by atoms with Crippen LogP contribution in [-0.4, -0.2) is 8.42 Å². The van der Waals surface area contributed by atoms with Crippen molar-refractivity contribution in [2.75, 3.05) is 4.72 Å². The molecule has 0 aliphatic carbocycles. The summed E-state index contributed by atoms with van der Waals surface area (Å²) in [6.45, 7) is 1.81. The SMILES string of the molecule is Cc1cc(SC#N)ccc1NS(=O)(=O)Cc1ccccc1. The van der Waals surface area contributed by atoms with E-state index in [4.69, 9.17) is 5.26 Å². The topological polar surface area (TPSA) is 70.0 Å². The Hall–Kier alpha value is -1.97. The normalized spacial score (nSPS) is 10.9. The summed E-state index contributed by atoms with van der Waals surface area (Å²) in [4.78, 5) is 0.793. The van der Waals surface area contributed by atoms with E-state index in [-0.39, 0.29) is 5.75 Å². The average Bonchev–Trinajstić information content (AvgIpc) is 2.43.